The number of nitrogens with one attached hydrogen (secondary N) is 1. The summed E-state index contributed by atoms with van der Waals surface area (Å²) < 4.78 is 0. The number of ketones is 1. The zero-order valence-electron chi connectivity index (χ0n) is 14.6. The van der Waals surface area contributed by atoms with E-state index in [-0.39, 0.29) is 11.8 Å². The lowest BCUT2D eigenvalue weighted by Gasteiger charge is -2.35. The summed E-state index contributed by atoms with van der Waals surface area (Å²) in [4.78, 5) is 27.8. The molecule has 1 aliphatic heterocycles. The van der Waals surface area contributed by atoms with Crippen LogP contribution in [0.4, 0.5) is 15.6 Å². The van der Waals surface area contributed by atoms with E-state index in [1.54, 1.807) is 11.8 Å². The number of hydrogen-bond donors (Lipinski definition) is 1. The molecule has 1 aromatic carbocycles. The molecule has 2 amide bonds. The van der Waals surface area contributed by atoms with Crippen molar-refractivity contribution in [1.82, 2.24) is 15.1 Å². The van der Waals surface area contributed by atoms with Gasteiger partial charge in [-0.15, -0.1) is 10.2 Å². The maximum absolute atomic E-state index is 12.4. The second-order valence-electron chi connectivity index (χ2n) is 6.73. The van der Waals surface area contributed by atoms with E-state index in [1.165, 1.54) is 24.2 Å². The van der Waals surface area contributed by atoms with Gasteiger partial charge in [0.05, 0.1) is 0 Å². The number of anilines is 2. The Morgan fingerprint density at radius 1 is 1.08 bits per heavy atom. The molecule has 7 nitrogen and oxygen atoms in total. The number of urea groups is 1. The Hall–Kier alpha value is -2.48. The number of carbonyl (C=O) groups is 2. The Bertz CT molecular complexity index is 807. The van der Waals surface area contributed by atoms with Crippen LogP contribution in [0.1, 0.15) is 41.0 Å². The first kappa shape index (κ1) is 17.0. The highest BCUT2D eigenvalue weighted by atomic mass is 32.1. The molecule has 26 heavy (non-hydrogen) atoms. The van der Waals surface area contributed by atoms with Crippen molar-refractivity contribution in [2.45, 2.75) is 25.7 Å². The van der Waals surface area contributed by atoms with E-state index >= 15 is 0 Å². The zero-order valence-corrected chi connectivity index (χ0v) is 15.5. The third kappa shape index (κ3) is 3.70. The van der Waals surface area contributed by atoms with Crippen molar-refractivity contribution in [1.29, 1.82) is 0 Å². The lowest BCUT2D eigenvalue weighted by atomic mass is 10.1. The predicted molar refractivity (Wildman–Crippen MR) is 101 cm³/mol. The minimum absolute atomic E-state index is 0.0690. The number of Topliss-reactive ketones (excluding diaryl/α,β-unsaturated/α-hetero) is 1. The molecule has 0 bridgehead atoms. The molecule has 2 aliphatic rings. The third-order valence-electron chi connectivity index (χ3n) is 4.79. The highest BCUT2D eigenvalue weighted by molar-refractivity contribution is 7.15. The first-order valence-corrected chi connectivity index (χ1v) is 9.67. The lowest BCUT2D eigenvalue weighted by Crippen LogP contribution is -2.50. The van der Waals surface area contributed by atoms with E-state index in [4.69, 9.17) is 0 Å². The molecular formula is C18H21N5O2S. The smallest absolute Gasteiger partial charge is 0.323 e. The molecule has 1 N–H and O–H groups in total. The maximum atomic E-state index is 12.4. The van der Waals surface area contributed by atoms with Crippen LogP contribution in [0.15, 0.2) is 24.3 Å². The number of rotatable bonds is 4. The third-order valence-corrected chi connectivity index (χ3v) is 5.79. The standard InChI is InChI=1S/C18H21N5O2S/c1-12(24)13-4-6-15(7-5-13)22-8-10-23(11-9-22)18(25)19-17-21-20-16(26-17)14-2-3-14/h4-7,14H,2-3,8-11H2,1H3,(H,19,21,25). The first-order valence-electron chi connectivity index (χ1n) is 8.85. The SMILES string of the molecule is CC(=O)c1ccc(N2CCN(C(=O)Nc3nnc(C4CC4)s3)CC2)cc1. The molecule has 0 spiro atoms. The van der Waals surface area contributed by atoms with Crippen LogP contribution in [0.2, 0.25) is 0 Å². The molecule has 2 fully saturated rings. The quantitative estimate of drug-likeness (QED) is 0.836. The molecular weight excluding hydrogens is 350 g/mol. The molecule has 1 aliphatic carbocycles. The van der Waals surface area contributed by atoms with E-state index in [0.717, 1.165) is 29.3 Å². The largest absolute Gasteiger partial charge is 0.368 e. The van der Waals surface area contributed by atoms with Gasteiger partial charge in [0.1, 0.15) is 5.01 Å². The minimum atomic E-state index is -0.116. The van der Waals surface area contributed by atoms with Gasteiger partial charge >= 0.3 is 6.03 Å². The van der Waals surface area contributed by atoms with Gasteiger partial charge in [-0.25, -0.2) is 4.79 Å². The Morgan fingerprint density at radius 3 is 2.38 bits per heavy atom. The summed E-state index contributed by atoms with van der Waals surface area (Å²) in [6.07, 6.45) is 2.36. The summed E-state index contributed by atoms with van der Waals surface area (Å²) in [5.74, 6) is 0.621. The normalized spacial score (nSPS) is 17.3. The highest BCUT2D eigenvalue weighted by Gasteiger charge is 2.28. The fourth-order valence-corrected chi connectivity index (χ4v) is 3.93. The number of benzene rings is 1. The van der Waals surface area contributed by atoms with E-state index in [2.05, 4.69) is 20.4 Å². The van der Waals surface area contributed by atoms with Gasteiger partial charge in [-0.3, -0.25) is 10.1 Å². The molecule has 0 atom stereocenters. The maximum Gasteiger partial charge on any atom is 0.323 e. The van der Waals surface area contributed by atoms with Crippen molar-refractivity contribution in [3.8, 4) is 0 Å². The fraction of sp³-hybridized carbons (Fsp3) is 0.444. The van der Waals surface area contributed by atoms with Gasteiger partial charge in [-0.1, -0.05) is 11.3 Å². The van der Waals surface area contributed by atoms with E-state index in [1.807, 2.05) is 24.3 Å². The fourth-order valence-electron chi connectivity index (χ4n) is 3.03. The Morgan fingerprint density at radius 2 is 1.77 bits per heavy atom. The average molecular weight is 371 g/mol. The Labute approximate surface area is 156 Å². The molecule has 0 radical (unpaired) electrons. The average Bonchev–Trinajstić information content (AvgIpc) is 3.41. The van der Waals surface area contributed by atoms with Gasteiger partial charge in [0, 0.05) is 43.3 Å². The summed E-state index contributed by atoms with van der Waals surface area (Å²) in [6, 6.07) is 7.52. The second-order valence-corrected chi connectivity index (χ2v) is 7.74. The predicted octanol–water partition coefficient (Wildman–Crippen LogP) is 2.97. The zero-order chi connectivity index (χ0) is 18.1. The number of nitrogens with zero attached hydrogens (tertiary/aromatic N) is 4. The van der Waals surface area contributed by atoms with Crippen LogP contribution in [0.25, 0.3) is 0 Å². The summed E-state index contributed by atoms with van der Waals surface area (Å²) in [5.41, 5.74) is 1.79. The van der Waals surface area contributed by atoms with Crippen molar-refractivity contribution in [3.05, 3.63) is 34.8 Å². The summed E-state index contributed by atoms with van der Waals surface area (Å²) >= 11 is 1.48. The van der Waals surface area contributed by atoms with Gasteiger partial charge in [0.15, 0.2) is 5.78 Å². The number of hydrogen-bond acceptors (Lipinski definition) is 6. The van der Waals surface area contributed by atoms with Gasteiger partial charge in [0.2, 0.25) is 5.13 Å². The highest BCUT2D eigenvalue weighted by Crippen LogP contribution is 2.42. The van der Waals surface area contributed by atoms with Crippen LogP contribution in [-0.2, 0) is 0 Å². The number of carbonyl (C=O) groups excluding carboxylic acids is 2. The van der Waals surface area contributed by atoms with Crippen molar-refractivity contribution in [2.75, 3.05) is 36.4 Å². The Balaban J connectivity index is 1.30. The molecule has 0 unspecified atom stereocenters. The van der Waals surface area contributed by atoms with Gasteiger partial charge in [0.25, 0.3) is 0 Å². The number of amides is 2. The molecule has 1 aromatic heterocycles. The van der Waals surface area contributed by atoms with Crippen molar-refractivity contribution >= 4 is 34.0 Å². The molecule has 2 heterocycles. The van der Waals surface area contributed by atoms with Gasteiger partial charge < -0.3 is 9.80 Å². The minimum Gasteiger partial charge on any atom is -0.368 e. The first-order chi connectivity index (χ1) is 12.6. The number of piperazine rings is 1. The molecule has 1 saturated heterocycles. The molecule has 1 saturated carbocycles. The van der Waals surface area contributed by atoms with E-state index in [0.29, 0.717) is 24.1 Å². The van der Waals surface area contributed by atoms with Crippen molar-refractivity contribution < 1.29 is 9.59 Å². The molecule has 2 aromatic rings. The van der Waals surface area contributed by atoms with Gasteiger partial charge in [-0.05, 0) is 44.0 Å². The summed E-state index contributed by atoms with van der Waals surface area (Å²) in [5, 5.41) is 12.7. The van der Waals surface area contributed by atoms with E-state index in [9.17, 15) is 9.59 Å². The topological polar surface area (TPSA) is 78.4 Å². The Kier molecular flexibility index (Phi) is 4.58. The summed E-state index contributed by atoms with van der Waals surface area (Å²) in [7, 11) is 0. The van der Waals surface area contributed by atoms with Crippen LogP contribution < -0.4 is 10.2 Å². The molecule has 8 heteroatoms. The van der Waals surface area contributed by atoms with Crippen LogP contribution in [0.3, 0.4) is 0 Å². The van der Waals surface area contributed by atoms with Crippen LogP contribution in [-0.4, -0.2) is 53.1 Å². The van der Waals surface area contributed by atoms with E-state index < -0.39 is 0 Å². The summed E-state index contributed by atoms with van der Waals surface area (Å²) in [6.45, 7) is 4.38. The molecule has 4 rings (SSSR count). The monoisotopic (exact) mass is 371 g/mol. The lowest BCUT2D eigenvalue weighted by molar-refractivity contribution is 0.101. The van der Waals surface area contributed by atoms with Crippen molar-refractivity contribution in [2.24, 2.45) is 0 Å². The van der Waals surface area contributed by atoms with Crippen molar-refractivity contribution in [3.63, 3.8) is 0 Å². The van der Waals surface area contributed by atoms with Crippen LogP contribution in [0, 0.1) is 0 Å². The second kappa shape index (κ2) is 7.03. The number of aromatic nitrogens is 2. The molecule has 136 valence electrons. The van der Waals surface area contributed by atoms with Crippen LogP contribution >= 0.6 is 11.3 Å². The van der Waals surface area contributed by atoms with Crippen LogP contribution in [0.5, 0.6) is 0 Å². The van der Waals surface area contributed by atoms with Gasteiger partial charge in [-0.2, -0.15) is 0 Å².